The van der Waals surface area contributed by atoms with Crippen LogP contribution < -0.4 is 5.32 Å². The number of benzene rings is 1. The first-order valence-corrected chi connectivity index (χ1v) is 6.75. The van der Waals surface area contributed by atoms with Crippen LogP contribution in [-0.2, 0) is 10.3 Å². The average molecular weight is 249 g/mol. The molecule has 0 aromatic heterocycles. The zero-order valence-corrected chi connectivity index (χ0v) is 11.1. The van der Waals surface area contributed by atoms with Crippen LogP contribution in [0.3, 0.4) is 0 Å². The second kappa shape index (κ2) is 6.32. The lowest BCUT2D eigenvalue weighted by molar-refractivity contribution is -0.0483. The van der Waals surface area contributed by atoms with Crippen LogP contribution in [0, 0.1) is 5.92 Å². The molecule has 3 heteroatoms. The molecule has 0 saturated carbocycles. The van der Waals surface area contributed by atoms with Gasteiger partial charge in [0, 0.05) is 6.61 Å². The summed E-state index contributed by atoms with van der Waals surface area (Å²) in [6, 6.07) is 9.71. The van der Waals surface area contributed by atoms with Gasteiger partial charge in [0.15, 0.2) is 0 Å². The van der Waals surface area contributed by atoms with Crippen molar-refractivity contribution in [2.24, 2.45) is 5.92 Å². The van der Waals surface area contributed by atoms with Crippen molar-refractivity contribution in [3.8, 4) is 0 Å². The van der Waals surface area contributed by atoms with Crippen molar-refractivity contribution in [2.45, 2.75) is 25.4 Å². The topological polar surface area (TPSA) is 41.5 Å². The molecule has 2 rings (SSSR count). The van der Waals surface area contributed by atoms with E-state index in [0.717, 1.165) is 25.3 Å². The van der Waals surface area contributed by atoms with Gasteiger partial charge in [0.2, 0.25) is 0 Å². The van der Waals surface area contributed by atoms with E-state index >= 15 is 0 Å². The fourth-order valence-electron chi connectivity index (χ4n) is 2.35. The SMILES string of the molecule is CC(O)(COCC1CCNCC1)c1ccccc1. The van der Waals surface area contributed by atoms with Crippen molar-refractivity contribution in [1.82, 2.24) is 5.32 Å². The summed E-state index contributed by atoms with van der Waals surface area (Å²) < 4.78 is 5.71. The lowest BCUT2D eigenvalue weighted by Gasteiger charge is -2.27. The summed E-state index contributed by atoms with van der Waals surface area (Å²) in [5.74, 6) is 0.637. The minimum Gasteiger partial charge on any atom is -0.383 e. The van der Waals surface area contributed by atoms with E-state index in [4.69, 9.17) is 4.74 Å². The van der Waals surface area contributed by atoms with E-state index in [2.05, 4.69) is 5.32 Å². The quantitative estimate of drug-likeness (QED) is 0.837. The van der Waals surface area contributed by atoms with E-state index in [0.29, 0.717) is 12.5 Å². The molecule has 1 fully saturated rings. The molecule has 0 radical (unpaired) electrons. The van der Waals surface area contributed by atoms with E-state index < -0.39 is 5.60 Å². The molecular weight excluding hydrogens is 226 g/mol. The molecule has 0 bridgehead atoms. The summed E-state index contributed by atoms with van der Waals surface area (Å²) in [5, 5.41) is 13.7. The third-order valence-corrected chi connectivity index (χ3v) is 3.59. The molecule has 1 aromatic rings. The van der Waals surface area contributed by atoms with Crippen LogP contribution in [-0.4, -0.2) is 31.4 Å². The van der Waals surface area contributed by atoms with Gasteiger partial charge < -0.3 is 15.2 Å². The Morgan fingerprint density at radius 2 is 1.94 bits per heavy atom. The molecule has 0 aliphatic carbocycles. The van der Waals surface area contributed by atoms with Crippen molar-refractivity contribution in [3.05, 3.63) is 35.9 Å². The summed E-state index contributed by atoms with van der Waals surface area (Å²) >= 11 is 0. The van der Waals surface area contributed by atoms with E-state index in [-0.39, 0.29) is 0 Å². The van der Waals surface area contributed by atoms with Crippen LogP contribution in [0.25, 0.3) is 0 Å². The lowest BCUT2D eigenvalue weighted by atomic mass is 9.96. The Kier molecular flexibility index (Phi) is 4.75. The maximum atomic E-state index is 10.4. The standard InChI is InChI=1S/C15H23NO2/c1-15(17,14-5-3-2-4-6-14)12-18-11-13-7-9-16-10-8-13/h2-6,13,16-17H,7-12H2,1H3. The van der Waals surface area contributed by atoms with E-state index in [1.807, 2.05) is 37.3 Å². The first kappa shape index (κ1) is 13.5. The molecule has 1 heterocycles. The Balaban J connectivity index is 1.78. The first-order valence-electron chi connectivity index (χ1n) is 6.75. The number of piperidine rings is 1. The van der Waals surface area contributed by atoms with Crippen molar-refractivity contribution in [3.63, 3.8) is 0 Å². The number of aliphatic hydroxyl groups is 1. The maximum Gasteiger partial charge on any atom is 0.110 e. The summed E-state index contributed by atoms with van der Waals surface area (Å²) in [7, 11) is 0. The Morgan fingerprint density at radius 3 is 2.61 bits per heavy atom. The third kappa shape index (κ3) is 3.80. The zero-order valence-electron chi connectivity index (χ0n) is 11.1. The molecule has 1 aliphatic heterocycles. The molecule has 1 unspecified atom stereocenters. The molecule has 0 amide bonds. The van der Waals surface area contributed by atoms with Crippen LogP contribution in [0.1, 0.15) is 25.3 Å². The highest BCUT2D eigenvalue weighted by atomic mass is 16.5. The highest BCUT2D eigenvalue weighted by Gasteiger charge is 2.23. The van der Waals surface area contributed by atoms with Crippen LogP contribution in [0.5, 0.6) is 0 Å². The molecule has 1 aromatic carbocycles. The molecule has 1 aliphatic rings. The van der Waals surface area contributed by atoms with Gasteiger partial charge in [-0.25, -0.2) is 0 Å². The van der Waals surface area contributed by atoms with Crippen LogP contribution in [0.4, 0.5) is 0 Å². The monoisotopic (exact) mass is 249 g/mol. The molecule has 0 spiro atoms. The summed E-state index contributed by atoms with van der Waals surface area (Å²) in [5.41, 5.74) is 0.0177. The first-order chi connectivity index (χ1) is 8.68. The normalized spacial score (nSPS) is 20.6. The van der Waals surface area contributed by atoms with Crippen LogP contribution in [0.15, 0.2) is 30.3 Å². The third-order valence-electron chi connectivity index (χ3n) is 3.59. The van der Waals surface area contributed by atoms with Crippen molar-refractivity contribution >= 4 is 0 Å². The smallest absolute Gasteiger partial charge is 0.110 e. The van der Waals surface area contributed by atoms with Gasteiger partial charge in [-0.1, -0.05) is 30.3 Å². The largest absolute Gasteiger partial charge is 0.383 e. The Morgan fingerprint density at radius 1 is 1.28 bits per heavy atom. The van der Waals surface area contributed by atoms with Gasteiger partial charge in [-0.3, -0.25) is 0 Å². The van der Waals surface area contributed by atoms with E-state index in [1.54, 1.807) is 0 Å². The fourth-order valence-corrected chi connectivity index (χ4v) is 2.35. The Bertz CT molecular complexity index is 345. The highest BCUT2D eigenvalue weighted by Crippen LogP contribution is 2.21. The number of hydrogen-bond donors (Lipinski definition) is 2. The molecule has 1 atom stereocenters. The molecular formula is C15H23NO2. The predicted molar refractivity (Wildman–Crippen MR) is 72.4 cm³/mol. The van der Waals surface area contributed by atoms with Gasteiger partial charge in [0.05, 0.1) is 6.61 Å². The molecule has 2 N–H and O–H groups in total. The summed E-state index contributed by atoms with van der Waals surface area (Å²) in [6.07, 6.45) is 2.35. The number of hydrogen-bond acceptors (Lipinski definition) is 3. The second-order valence-electron chi connectivity index (χ2n) is 5.35. The lowest BCUT2D eigenvalue weighted by Crippen LogP contribution is -2.32. The molecule has 18 heavy (non-hydrogen) atoms. The number of rotatable bonds is 5. The van der Waals surface area contributed by atoms with E-state index in [1.165, 1.54) is 12.8 Å². The van der Waals surface area contributed by atoms with E-state index in [9.17, 15) is 5.11 Å². The van der Waals surface area contributed by atoms with Gasteiger partial charge in [-0.05, 0) is 44.3 Å². The average Bonchev–Trinajstić information content (AvgIpc) is 2.41. The van der Waals surface area contributed by atoms with Crippen molar-refractivity contribution < 1.29 is 9.84 Å². The minimum atomic E-state index is -0.895. The number of ether oxygens (including phenoxy) is 1. The van der Waals surface area contributed by atoms with Crippen LogP contribution >= 0.6 is 0 Å². The summed E-state index contributed by atoms with van der Waals surface area (Å²) in [4.78, 5) is 0. The Labute approximate surface area is 109 Å². The maximum absolute atomic E-state index is 10.4. The fraction of sp³-hybridized carbons (Fsp3) is 0.600. The van der Waals surface area contributed by atoms with Crippen molar-refractivity contribution in [1.29, 1.82) is 0 Å². The molecule has 1 saturated heterocycles. The highest BCUT2D eigenvalue weighted by molar-refractivity contribution is 5.21. The van der Waals surface area contributed by atoms with Gasteiger partial charge in [-0.15, -0.1) is 0 Å². The second-order valence-corrected chi connectivity index (χ2v) is 5.35. The van der Waals surface area contributed by atoms with Crippen molar-refractivity contribution in [2.75, 3.05) is 26.3 Å². The predicted octanol–water partition coefficient (Wildman–Crippen LogP) is 1.91. The molecule has 100 valence electrons. The number of nitrogens with one attached hydrogen (secondary N) is 1. The van der Waals surface area contributed by atoms with Gasteiger partial charge in [0.1, 0.15) is 5.60 Å². The Hall–Kier alpha value is -0.900. The summed E-state index contributed by atoms with van der Waals surface area (Å²) in [6.45, 7) is 5.10. The van der Waals surface area contributed by atoms with Gasteiger partial charge in [0.25, 0.3) is 0 Å². The molecule has 3 nitrogen and oxygen atoms in total. The van der Waals surface area contributed by atoms with Crippen LogP contribution in [0.2, 0.25) is 0 Å². The zero-order chi connectivity index (χ0) is 12.8. The van der Waals surface area contributed by atoms with Gasteiger partial charge >= 0.3 is 0 Å². The minimum absolute atomic E-state index is 0.362. The van der Waals surface area contributed by atoms with Gasteiger partial charge in [-0.2, -0.15) is 0 Å².